The van der Waals surface area contributed by atoms with Crippen LogP contribution in [0, 0.1) is 29.1 Å². The summed E-state index contributed by atoms with van der Waals surface area (Å²) in [4.78, 5) is 2.90. The van der Waals surface area contributed by atoms with Gasteiger partial charge in [-0.2, -0.15) is 0 Å². The fourth-order valence-electron chi connectivity index (χ4n) is 5.13. The molecule has 90 valence electrons. The molecule has 0 aromatic heterocycles. The van der Waals surface area contributed by atoms with E-state index in [2.05, 4.69) is 4.98 Å². The van der Waals surface area contributed by atoms with Crippen LogP contribution in [0.3, 0.4) is 0 Å². The number of aliphatic hydroxyl groups excluding tert-OH is 1. The van der Waals surface area contributed by atoms with E-state index in [9.17, 15) is 5.11 Å². The van der Waals surface area contributed by atoms with Crippen LogP contribution in [0.1, 0.15) is 32.1 Å². The largest absolute Gasteiger partial charge is 0.503 e. The SMILES string of the molecule is N#[N+]C=C(O)C1OC12C1CC3CC(C1)CC2C3. The smallest absolute Gasteiger partial charge is 0.390 e. The molecular weight excluding hydrogens is 216 g/mol. The van der Waals surface area contributed by atoms with Crippen LogP contribution in [0.5, 0.6) is 0 Å². The summed E-state index contributed by atoms with van der Waals surface area (Å²) in [5, 5.41) is 18.3. The lowest BCUT2D eigenvalue weighted by molar-refractivity contribution is -0.0558. The average molecular weight is 233 g/mol. The van der Waals surface area contributed by atoms with Crippen molar-refractivity contribution in [3.63, 3.8) is 0 Å². The molecule has 0 aromatic rings. The molecule has 0 aromatic carbocycles. The lowest BCUT2D eigenvalue weighted by Crippen LogP contribution is -2.52. The second-order valence-electron chi connectivity index (χ2n) is 6.33. The molecule has 4 saturated carbocycles. The molecule has 1 unspecified atom stereocenters. The molecule has 1 spiro atoms. The molecule has 4 bridgehead atoms. The zero-order valence-electron chi connectivity index (χ0n) is 9.75. The lowest BCUT2D eigenvalue weighted by atomic mass is 9.50. The molecule has 4 heteroatoms. The highest BCUT2D eigenvalue weighted by Gasteiger charge is 2.72. The summed E-state index contributed by atoms with van der Waals surface area (Å²) in [6, 6.07) is 0. The van der Waals surface area contributed by atoms with E-state index in [4.69, 9.17) is 10.1 Å². The highest BCUT2D eigenvalue weighted by atomic mass is 16.6. The van der Waals surface area contributed by atoms with Crippen molar-refractivity contribution in [2.75, 3.05) is 0 Å². The van der Waals surface area contributed by atoms with Gasteiger partial charge in [0.05, 0.1) is 0 Å². The molecule has 1 saturated heterocycles. The maximum Gasteiger partial charge on any atom is 0.390 e. The normalized spacial score (nSPS) is 55.0. The van der Waals surface area contributed by atoms with Crippen LogP contribution in [0.15, 0.2) is 12.0 Å². The van der Waals surface area contributed by atoms with Gasteiger partial charge in [0.15, 0.2) is 11.1 Å². The second-order valence-corrected chi connectivity index (χ2v) is 6.33. The maximum atomic E-state index is 9.82. The quantitative estimate of drug-likeness (QED) is 0.430. The number of epoxide rings is 1. The van der Waals surface area contributed by atoms with E-state index >= 15 is 0 Å². The van der Waals surface area contributed by atoms with Crippen molar-refractivity contribution in [3.8, 4) is 0 Å². The van der Waals surface area contributed by atoms with Crippen LogP contribution in [-0.2, 0) is 4.74 Å². The maximum absolute atomic E-state index is 9.82. The Morgan fingerprint density at radius 1 is 1.18 bits per heavy atom. The molecule has 1 N–H and O–H groups in total. The Balaban J connectivity index is 1.65. The summed E-state index contributed by atoms with van der Waals surface area (Å²) in [6.45, 7) is 0. The molecule has 5 aliphatic rings. The first-order valence-electron chi connectivity index (χ1n) is 6.65. The van der Waals surface area contributed by atoms with Crippen LogP contribution in [0.25, 0.3) is 4.98 Å². The molecule has 17 heavy (non-hydrogen) atoms. The zero-order valence-corrected chi connectivity index (χ0v) is 9.75. The summed E-state index contributed by atoms with van der Waals surface area (Å²) in [5.41, 5.74) is -0.0985. The number of hydrogen-bond donors (Lipinski definition) is 1. The van der Waals surface area contributed by atoms with Crippen LogP contribution in [0.2, 0.25) is 0 Å². The van der Waals surface area contributed by atoms with Gasteiger partial charge in [-0.25, -0.2) is 0 Å². The van der Waals surface area contributed by atoms with Gasteiger partial charge in [0.2, 0.25) is 11.2 Å². The van der Waals surface area contributed by atoms with E-state index in [0.717, 1.165) is 18.0 Å². The molecular formula is C13H17N2O2+. The van der Waals surface area contributed by atoms with Gasteiger partial charge in [0.25, 0.3) is 0 Å². The third-order valence-electron chi connectivity index (χ3n) is 5.55. The predicted octanol–water partition coefficient (Wildman–Crippen LogP) is 2.83. The number of ether oxygens (including phenoxy) is 1. The van der Waals surface area contributed by atoms with Gasteiger partial charge in [-0.05, 0) is 55.8 Å². The van der Waals surface area contributed by atoms with E-state index in [1.54, 1.807) is 0 Å². The fourth-order valence-corrected chi connectivity index (χ4v) is 5.13. The Morgan fingerprint density at radius 3 is 2.29 bits per heavy atom. The molecule has 4 aliphatic carbocycles. The minimum Gasteiger partial charge on any atom is -0.503 e. The second kappa shape index (κ2) is 3.02. The Kier molecular flexibility index (Phi) is 1.76. The van der Waals surface area contributed by atoms with Gasteiger partial charge in [-0.3, -0.25) is 0 Å². The van der Waals surface area contributed by atoms with E-state index in [1.165, 1.54) is 32.1 Å². The number of diazo groups is 1. The first kappa shape index (κ1) is 9.90. The molecule has 4 nitrogen and oxygen atoms in total. The van der Waals surface area contributed by atoms with Crippen LogP contribution < -0.4 is 0 Å². The molecule has 1 heterocycles. The van der Waals surface area contributed by atoms with Crippen molar-refractivity contribution < 1.29 is 9.84 Å². The zero-order chi connectivity index (χ0) is 11.6. The first-order valence-corrected chi connectivity index (χ1v) is 6.65. The monoisotopic (exact) mass is 233 g/mol. The van der Waals surface area contributed by atoms with Crippen LogP contribution in [0.4, 0.5) is 0 Å². The summed E-state index contributed by atoms with van der Waals surface area (Å²) >= 11 is 0. The Hall–Kier alpha value is -1.08. The molecule has 0 radical (unpaired) electrons. The Bertz CT molecular complexity index is 409. The number of nitrogens with zero attached hydrogens (tertiary/aromatic N) is 2. The van der Waals surface area contributed by atoms with Crippen LogP contribution >= 0.6 is 0 Å². The minimum absolute atomic E-state index is 0.0972. The van der Waals surface area contributed by atoms with Crippen molar-refractivity contribution in [2.24, 2.45) is 23.7 Å². The highest BCUT2D eigenvalue weighted by molar-refractivity contribution is 5.27. The predicted molar refractivity (Wildman–Crippen MR) is 60.4 cm³/mol. The topological polar surface area (TPSA) is 60.9 Å². The van der Waals surface area contributed by atoms with Gasteiger partial charge >= 0.3 is 6.20 Å². The summed E-state index contributed by atoms with van der Waals surface area (Å²) < 4.78 is 5.91. The fraction of sp³-hybridized carbons (Fsp3) is 0.846. The van der Waals surface area contributed by atoms with Crippen molar-refractivity contribution in [2.45, 2.75) is 43.8 Å². The van der Waals surface area contributed by atoms with E-state index in [-0.39, 0.29) is 17.5 Å². The third-order valence-corrected chi connectivity index (χ3v) is 5.55. The van der Waals surface area contributed by atoms with Gasteiger partial charge in [-0.15, -0.1) is 0 Å². The average Bonchev–Trinajstić information content (AvgIpc) is 3.02. The van der Waals surface area contributed by atoms with Crippen molar-refractivity contribution in [3.05, 3.63) is 16.9 Å². The van der Waals surface area contributed by atoms with Gasteiger partial charge in [0, 0.05) is 0 Å². The van der Waals surface area contributed by atoms with Crippen molar-refractivity contribution in [1.82, 2.24) is 0 Å². The van der Waals surface area contributed by atoms with E-state index in [1.807, 2.05) is 0 Å². The summed E-state index contributed by atoms with van der Waals surface area (Å²) in [5.74, 6) is 3.15. The molecule has 5 rings (SSSR count). The molecule has 5 fully saturated rings. The van der Waals surface area contributed by atoms with Gasteiger partial charge < -0.3 is 9.84 Å². The molecule has 0 amide bonds. The van der Waals surface area contributed by atoms with Crippen molar-refractivity contribution >= 4 is 0 Å². The number of hydrogen-bond acceptors (Lipinski definition) is 3. The highest BCUT2D eigenvalue weighted by Crippen LogP contribution is 2.67. The number of aliphatic hydroxyl groups is 1. The lowest BCUT2D eigenvalue weighted by Gasteiger charge is -2.53. The number of rotatable bonds is 1. The minimum atomic E-state index is -0.201. The summed E-state index contributed by atoms with van der Waals surface area (Å²) in [7, 11) is 0. The van der Waals surface area contributed by atoms with E-state index < -0.39 is 0 Å². The molecule has 1 atom stereocenters. The Labute approximate surface area is 100 Å². The summed E-state index contributed by atoms with van der Waals surface area (Å²) in [6.07, 6.45) is 7.42. The van der Waals surface area contributed by atoms with Crippen LogP contribution in [-0.4, -0.2) is 16.8 Å². The molecule has 1 aliphatic heterocycles. The Morgan fingerprint density at radius 2 is 1.76 bits per heavy atom. The van der Waals surface area contributed by atoms with Gasteiger partial charge in [-0.1, -0.05) is 0 Å². The van der Waals surface area contributed by atoms with Gasteiger partial charge in [0.1, 0.15) is 5.60 Å². The standard InChI is InChI=1S/C13H16N2O2/c14-15-6-11(16)12-13(17-12)9-2-7-1-8(4-9)5-10(13)3-7/h6-10,12H,1-5H2/p+1. The van der Waals surface area contributed by atoms with Crippen molar-refractivity contribution in [1.29, 1.82) is 5.39 Å². The third kappa shape index (κ3) is 1.13. The first-order chi connectivity index (χ1) is 8.24. The van der Waals surface area contributed by atoms with E-state index in [0.29, 0.717) is 11.8 Å².